The van der Waals surface area contributed by atoms with Crippen LogP contribution in [0.4, 0.5) is 0 Å². The number of piperidine rings is 1. The topological polar surface area (TPSA) is 89.2 Å². The number of carbonyl (C=O) groups excluding carboxylic acids is 2. The van der Waals surface area contributed by atoms with Crippen LogP contribution in [0, 0.1) is 5.41 Å². The van der Waals surface area contributed by atoms with Crippen LogP contribution in [0.25, 0.3) is 11.1 Å². The van der Waals surface area contributed by atoms with Gasteiger partial charge in [-0.05, 0) is 42.4 Å². The minimum absolute atomic E-state index is 0.137. The summed E-state index contributed by atoms with van der Waals surface area (Å²) in [6.07, 6.45) is 7.99. The lowest BCUT2D eigenvalue weighted by Crippen LogP contribution is -2.49. The number of hydrogen-bond donors (Lipinski definition) is 1. The highest BCUT2D eigenvalue weighted by Gasteiger charge is 2.40. The first-order valence-corrected chi connectivity index (χ1v) is 11.0. The van der Waals surface area contributed by atoms with E-state index in [1.807, 2.05) is 53.4 Å². The number of rotatable bonds is 7. The highest BCUT2D eigenvalue weighted by atomic mass is 16.2. The molecular formula is C26H28N4O2. The molecule has 0 bridgehead atoms. The molecule has 1 aromatic heterocycles. The van der Waals surface area contributed by atoms with Crippen molar-refractivity contribution in [2.24, 2.45) is 11.1 Å². The van der Waals surface area contributed by atoms with Crippen LogP contribution >= 0.6 is 0 Å². The average molecular weight is 429 g/mol. The maximum absolute atomic E-state index is 12.7. The first kappa shape index (κ1) is 21.7. The van der Waals surface area contributed by atoms with Crippen molar-refractivity contribution in [3.05, 3.63) is 84.4 Å². The molecule has 2 aromatic carbocycles. The summed E-state index contributed by atoms with van der Waals surface area (Å²) in [6, 6.07) is 18.1. The summed E-state index contributed by atoms with van der Waals surface area (Å²) in [5.74, 6) is -0.152. The third kappa shape index (κ3) is 5.02. The molecule has 6 heteroatoms. The van der Waals surface area contributed by atoms with Crippen molar-refractivity contribution in [2.45, 2.75) is 32.1 Å². The lowest BCUT2D eigenvalue weighted by molar-refractivity contribution is -0.138. The van der Waals surface area contributed by atoms with Gasteiger partial charge in [-0.25, -0.2) is 9.97 Å². The Morgan fingerprint density at radius 3 is 2.28 bits per heavy atom. The zero-order valence-corrected chi connectivity index (χ0v) is 18.1. The molecule has 32 heavy (non-hydrogen) atoms. The molecule has 1 saturated heterocycles. The van der Waals surface area contributed by atoms with Crippen molar-refractivity contribution >= 4 is 11.8 Å². The molecule has 1 fully saturated rings. The number of nitrogens with two attached hydrogens (primary N) is 1. The van der Waals surface area contributed by atoms with Crippen LogP contribution < -0.4 is 5.73 Å². The SMILES string of the molecule is NC(=O)C1(Cc2cccc(-c3cncnc3)c2)CCN(C(=O)CCc2ccccc2)CC1. The molecule has 0 spiro atoms. The van der Waals surface area contributed by atoms with Gasteiger partial charge in [0.1, 0.15) is 6.33 Å². The average Bonchev–Trinajstić information content (AvgIpc) is 2.84. The highest BCUT2D eigenvalue weighted by Crippen LogP contribution is 2.36. The van der Waals surface area contributed by atoms with Crippen molar-refractivity contribution in [3.8, 4) is 11.1 Å². The number of aromatic nitrogens is 2. The highest BCUT2D eigenvalue weighted by molar-refractivity contribution is 5.82. The van der Waals surface area contributed by atoms with Crippen molar-refractivity contribution in [3.63, 3.8) is 0 Å². The second-order valence-corrected chi connectivity index (χ2v) is 8.52. The Labute approximate surface area is 188 Å². The quantitative estimate of drug-likeness (QED) is 0.624. The molecule has 0 unspecified atom stereocenters. The number of hydrogen-bond acceptors (Lipinski definition) is 4. The molecule has 2 amide bonds. The molecule has 0 radical (unpaired) electrons. The van der Waals surface area contributed by atoms with Gasteiger partial charge in [0.05, 0.1) is 5.41 Å². The molecule has 164 valence electrons. The van der Waals surface area contributed by atoms with Crippen molar-refractivity contribution < 1.29 is 9.59 Å². The predicted octanol–water partition coefficient (Wildman–Crippen LogP) is 3.41. The molecule has 1 aliphatic rings. The number of amides is 2. The van der Waals surface area contributed by atoms with Gasteiger partial charge in [-0.15, -0.1) is 0 Å². The summed E-state index contributed by atoms with van der Waals surface area (Å²) in [7, 11) is 0. The Hall–Kier alpha value is -3.54. The Balaban J connectivity index is 1.40. The molecule has 1 aliphatic heterocycles. The van der Waals surface area contributed by atoms with Gasteiger partial charge in [0.15, 0.2) is 0 Å². The van der Waals surface area contributed by atoms with E-state index in [1.165, 1.54) is 6.33 Å². The molecule has 2 N–H and O–H groups in total. The molecule has 4 rings (SSSR count). The summed E-state index contributed by atoms with van der Waals surface area (Å²) in [6.45, 7) is 1.12. The normalized spacial score (nSPS) is 15.3. The molecule has 6 nitrogen and oxygen atoms in total. The number of nitrogens with zero attached hydrogens (tertiary/aromatic N) is 3. The predicted molar refractivity (Wildman–Crippen MR) is 123 cm³/mol. The summed E-state index contributed by atoms with van der Waals surface area (Å²) in [5, 5.41) is 0. The second kappa shape index (κ2) is 9.73. The van der Waals surface area contributed by atoms with Crippen LogP contribution in [-0.2, 0) is 22.4 Å². The monoisotopic (exact) mass is 428 g/mol. The number of primary amides is 1. The van der Waals surface area contributed by atoms with E-state index in [2.05, 4.69) is 16.0 Å². The lowest BCUT2D eigenvalue weighted by atomic mass is 9.73. The van der Waals surface area contributed by atoms with E-state index in [1.54, 1.807) is 12.4 Å². The van der Waals surface area contributed by atoms with Crippen LogP contribution in [-0.4, -0.2) is 39.8 Å². The zero-order chi connectivity index (χ0) is 22.4. The van der Waals surface area contributed by atoms with Gasteiger partial charge in [0.2, 0.25) is 11.8 Å². The van der Waals surface area contributed by atoms with Crippen molar-refractivity contribution in [1.82, 2.24) is 14.9 Å². The third-order valence-electron chi connectivity index (χ3n) is 6.43. The number of carbonyl (C=O) groups is 2. The van der Waals surface area contributed by atoms with Gasteiger partial charge < -0.3 is 10.6 Å². The number of benzene rings is 2. The lowest BCUT2D eigenvalue weighted by Gasteiger charge is -2.40. The van der Waals surface area contributed by atoms with Gasteiger partial charge in [0, 0.05) is 37.5 Å². The van der Waals surface area contributed by atoms with E-state index in [9.17, 15) is 9.59 Å². The summed E-state index contributed by atoms with van der Waals surface area (Å²) < 4.78 is 0. The smallest absolute Gasteiger partial charge is 0.224 e. The van der Waals surface area contributed by atoms with Crippen LogP contribution in [0.1, 0.15) is 30.4 Å². The van der Waals surface area contributed by atoms with Gasteiger partial charge in [-0.2, -0.15) is 0 Å². The van der Waals surface area contributed by atoms with Gasteiger partial charge in [-0.1, -0.05) is 54.6 Å². The molecule has 0 saturated carbocycles. The minimum Gasteiger partial charge on any atom is -0.369 e. The molecule has 3 aromatic rings. The van der Waals surface area contributed by atoms with E-state index in [-0.39, 0.29) is 11.8 Å². The van der Waals surface area contributed by atoms with E-state index in [0.717, 1.165) is 28.7 Å². The van der Waals surface area contributed by atoms with Crippen LogP contribution in [0.5, 0.6) is 0 Å². The first-order valence-electron chi connectivity index (χ1n) is 11.0. The zero-order valence-electron chi connectivity index (χ0n) is 18.1. The fourth-order valence-electron chi connectivity index (χ4n) is 4.45. The van der Waals surface area contributed by atoms with Gasteiger partial charge in [0.25, 0.3) is 0 Å². The standard InChI is InChI=1S/C26H28N4O2/c27-25(32)26(16-21-7-4-8-22(15-21)23-17-28-19-29-18-23)11-13-30(14-12-26)24(31)10-9-20-5-2-1-3-6-20/h1-8,15,17-19H,9-14,16H2,(H2,27,32). The first-order chi connectivity index (χ1) is 15.6. The van der Waals surface area contributed by atoms with Crippen LogP contribution in [0.3, 0.4) is 0 Å². The van der Waals surface area contributed by atoms with Crippen LogP contribution in [0.15, 0.2) is 73.3 Å². The fourth-order valence-corrected chi connectivity index (χ4v) is 4.45. The van der Waals surface area contributed by atoms with E-state index < -0.39 is 5.41 Å². The van der Waals surface area contributed by atoms with Crippen LogP contribution in [0.2, 0.25) is 0 Å². The van der Waals surface area contributed by atoms with E-state index in [0.29, 0.717) is 38.8 Å². The molecular weight excluding hydrogens is 400 g/mol. The molecule has 0 atom stereocenters. The van der Waals surface area contributed by atoms with E-state index >= 15 is 0 Å². The Morgan fingerprint density at radius 1 is 0.906 bits per heavy atom. The Kier molecular flexibility index (Phi) is 6.59. The molecule has 2 heterocycles. The van der Waals surface area contributed by atoms with Gasteiger partial charge in [-0.3, -0.25) is 9.59 Å². The summed E-state index contributed by atoms with van der Waals surface area (Å²) >= 11 is 0. The maximum Gasteiger partial charge on any atom is 0.224 e. The second-order valence-electron chi connectivity index (χ2n) is 8.52. The third-order valence-corrected chi connectivity index (χ3v) is 6.43. The maximum atomic E-state index is 12.7. The van der Waals surface area contributed by atoms with Crippen molar-refractivity contribution in [1.29, 1.82) is 0 Å². The minimum atomic E-state index is -0.637. The number of aryl methyl sites for hydroxylation is 1. The fraction of sp³-hybridized carbons (Fsp3) is 0.308. The Bertz CT molecular complexity index is 1060. The summed E-state index contributed by atoms with van der Waals surface area (Å²) in [4.78, 5) is 35.3. The van der Waals surface area contributed by atoms with Gasteiger partial charge >= 0.3 is 0 Å². The largest absolute Gasteiger partial charge is 0.369 e. The van der Waals surface area contributed by atoms with Crippen molar-refractivity contribution in [2.75, 3.05) is 13.1 Å². The molecule has 0 aliphatic carbocycles. The number of likely N-dealkylation sites (tertiary alicyclic amines) is 1. The van der Waals surface area contributed by atoms with E-state index in [4.69, 9.17) is 5.73 Å². The summed E-state index contributed by atoms with van der Waals surface area (Å²) in [5.41, 5.74) is 9.41. The Morgan fingerprint density at radius 2 is 1.59 bits per heavy atom.